The Morgan fingerprint density at radius 2 is 0.444 bits per heavy atom. The summed E-state index contributed by atoms with van der Waals surface area (Å²) >= 11 is 0. The molecule has 0 atom stereocenters. The van der Waals surface area contributed by atoms with Crippen molar-refractivity contribution >= 4 is 32.9 Å². The van der Waals surface area contributed by atoms with Gasteiger partial charge in [-0.25, -0.2) is 0 Å². The zero-order valence-corrected chi connectivity index (χ0v) is 28.2. The largest absolute Gasteiger partial charge is 2.00 e. The van der Waals surface area contributed by atoms with Gasteiger partial charge in [-0.3, -0.25) is 0 Å². The Labute approximate surface area is 202 Å². The molecule has 0 saturated heterocycles. The van der Waals surface area contributed by atoms with E-state index in [1.807, 2.05) is 51.4 Å². The zero-order chi connectivity index (χ0) is 21.1. The van der Waals surface area contributed by atoms with Crippen LogP contribution in [-0.2, 0) is 0 Å². The molecule has 0 aromatic heterocycles. The number of hydrogen-bond donors (Lipinski definition) is 0. The van der Waals surface area contributed by atoms with Crippen LogP contribution in [0.1, 0.15) is 0 Å². The van der Waals surface area contributed by atoms with Gasteiger partial charge in [0.1, 0.15) is 0 Å². The average molecular weight is 663 g/mol. The van der Waals surface area contributed by atoms with Crippen molar-refractivity contribution in [3.05, 3.63) is 60.7 Å². The Kier molecular flexibility index (Phi) is 19.4. The van der Waals surface area contributed by atoms with Gasteiger partial charge in [-0.05, 0) is 51.4 Å². The predicted octanol–water partition coefficient (Wildman–Crippen LogP) is 7.69. The van der Waals surface area contributed by atoms with Crippen LogP contribution in [0.4, 0.5) is 0 Å². The standard InChI is InChI=1S/C8H8.2C6H18NSi2.U/c1-2-4-6-8-7-5-3-1;2*1-8(2,3)7-9(4,5)6;/h1-8H;2*1-6H3;/q;2*-1;+2. The fourth-order valence-electron chi connectivity index (χ4n) is 2.53. The van der Waals surface area contributed by atoms with Gasteiger partial charge in [-0.1, -0.05) is 112 Å². The van der Waals surface area contributed by atoms with Crippen molar-refractivity contribution in [3.8, 4) is 0 Å². The van der Waals surface area contributed by atoms with Gasteiger partial charge >= 0.3 is 31.1 Å². The molecule has 1 aliphatic carbocycles. The van der Waals surface area contributed by atoms with E-state index in [0.717, 1.165) is 0 Å². The molecule has 0 aliphatic heterocycles. The average Bonchev–Trinajstić information content (AvgIpc) is 2.17. The minimum absolute atomic E-state index is 0. The van der Waals surface area contributed by atoms with Crippen LogP contribution in [0.15, 0.2) is 0 Å². The summed E-state index contributed by atoms with van der Waals surface area (Å²) < 4.78 is 9.64. The topological polar surface area (TPSA) is 28.2 Å². The van der Waals surface area contributed by atoms with Crippen molar-refractivity contribution in [2.24, 2.45) is 0 Å². The molecule has 0 bridgehead atoms. The summed E-state index contributed by atoms with van der Waals surface area (Å²) in [6.45, 7) is 27.6. The molecule has 0 spiro atoms. The Morgan fingerprint density at radius 1 is 0.333 bits per heavy atom. The van der Waals surface area contributed by atoms with E-state index in [1.54, 1.807) is 0 Å². The van der Waals surface area contributed by atoms with E-state index in [2.05, 4.69) is 78.6 Å². The number of rotatable bonds is 4. The molecule has 0 heterocycles. The second-order valence-electron chi connectivity index (χ2n) is 10.4. The minimum atomic E-state index is -1.11. The Hall–Kier alpha value is 1.84. The van der Waals surface area contributed by atoms with Crippen molar-refractivity contribution in [1.82, 2.24) is 0 Å². The Balaban J connectivity index is -0.000000314. The third-order valence-corrected chi connectivity index (χ3v) is 13.0. The van der Waals surface area contributed by atoms with Gasteiger partial charge in [0.05, 0.1) is 0 Å². The maximum Gasteiger partial charge on any atom is 2.00 e. The van der Waals surface area contributed by atoms with Crippen LogP contribution in [0.5, 0.6) is 0 Å². The maximum atomic E-state index is 4.82. The molecule has 8 radical (unpaired) electrons. The Bertz CT molecular complexity index is 266. The second-order valence-corrected chi connectivity index (χ2v) is 29.6. The summed E-state index contributed by atoms with van der Waals surface area (Å²) in [4.78, 5) is 0. The van der Waals surface area contributed by atoms with Crippen molar-refractivity contribution in [3.63, 3.8) is 0 Å². The molecule has 7 heteroatoms. The van der Waals surface area contributed by atoms with Crippen LogP contribution in [0.3, 0.4) is 0 Å². The molecule has 0 aromatic rings. The first-order valence-corrected chi connectivity index (χ1v) is 23.3. The van der Waals surface area contributed by atoms with Crippen LogP contribution in [0.2, 0.25) is 78.6 Å². The Morgan fingerprint density at radius 3 is 0.481 bits per heavy atom. The molecule has 0 aromatic carbocycles. The number of nitrogens with zero attached hydrogens (tertiary/aromatic N) is 2. The fraction of sp³-hybridized carbons (Fsp3) is 0.600. The minimum Gasteiger partial charge on any atom is -0.668 e. The molecule has 1 rings (SSSR count). The summed E-state index contributed by atoms with van der Waals surface area (Å²) in [7, 11) is -4.42. The first kappa shape index (κ1) is 33.5. The summed E-state index contributed by atoms with van der Waals surface area (Å²) in [6.07, 6.45) is 16.0. The van der Waals surface area contributed by atoms with Crippen molar-refractivity contribution < 1.29 is 31.1 Å². The molecule has 27 heavy (non-hydrogen) atoms. The van der Waals surface area contributed by atoms with Crippen molar-refractivity contribution in [1.29, 1.82) is 0 Å². The maximum absolute atomic E-state index is 4.82. The van der Waals surface area contributed by atoms with E-state index in [4.69, 9.17) is 9.30 Å². The quantitative estimate of drug-likeness (QED) is 0.276. The number of hydrogen-bond acceptors (Lipinski definition) is 0. The van der Waals surface area contributed by atoms with E-state index in [-0.39, 0.29) is 31.1 Å². The summed E-state index contributed by atoms with van der Waals surface area (Å²) in [5, 5.41) is 0. The van der Waals surface area contributed by atoms with Crippen LogP contribution < -0.4 is 0 Å². The fourth-order valence-corrected chi connectivity index (χ4v) is 18.6. The normalized spacial score (nSPS) is 16.4. The molecular formula is C20H44N2Si4U. The summed E-state index contributed by atoms with van der Waals surface area (Å²) in [6, 6.07) is 0. The second kappa shape index (κ2) is 15.6. The van der Waals surface area contributed by atoms with Crippen LogP contribution in [-0.4, -0.2) is 32.9 Å². The van der Waals surface area contributed by atoms with Gasteiger partial charge in [-0.2, -0.15) is 0 Å². The molecular weight excluding hydrogens is 619 g/mol. The van der Waals surface area contributed by atoms with Gasteiger partial charge in [0.25, 0.3) is 0 Å². The molecule has 154 valence electrons. The third-order valence-electron chi connectivity index (χ3n) is 2.23. The first-order chi connectivity index (χ1) is 11.4. The van der Waals surface area contributed by atoms with Crippen LogP contribution in [0.25, 0.3) is 9.30 Å². The summed E-state index contributed by atoms with van der Waals surface area (Å²) in [5.41, 5.74) is 0. The molecule has 1 fully saturated rings. The van der Waals surface area contributed by atoms with Crippen molar-refractivity contribution in [2.75, 3.05) is 0 Å². The van der Waals surface area contributed by atoms with E-state index >= 15 is 0 Å². The predicted molar refractivity (Wildman–Crippen MR) is 135 cm³/mol. The van der Waals surface area contributed by atoms with Gasteiger partial charge < -0.3 is 9.30 Å². The molecule has 2 nitrogen and oxygen atoms in total. The first-order valence-electron chi connectivity index (χ1n) is 9.56. The molecule has 0 unspecified atom stereocenters. The van der Waals surface area contributed by atoms with Gasteiger partial charge in [0.15, 0.2) is 0 Å². The molecule has 1 aliphatic rings. The van der Waals surface area contributed by atoms with E-state index in [9.17, 15) is 0 Å². The monoisotopic (exact) mass is 662 g/mol. The van der Waals surface area contributed by atoms with Gasteiger partial charge in [0.2, 0.25) is 0 Å². The van der Waals surface area contributed by atoms with E-state index < -0.39 is 32.9 Å². The molecule has 0 amide bonds. The molecule has 1 saturated carbocycles. The summed E-state index contributed by atoms with van der Waals surface area (Å²) in [5.74, 6) is 0. The third kappa shape index (κ3) is 39.0. The van der Waals surface area contributed by atoms with Crippen LogP contribution in [0, 0.1) is 82.5 Å². The zero-order valence-electron chi connectivity index (χ0n) is 20.0. The smallest absolute Gasteiger partial charge is 0.668 e. The van der Waals surface area contributed by atoms with E-state index in [1.165, 1.54) is 0 Å². The van der Waals surface area contributed by atoms with E-state index in [0.29, 0.717) is 0 Å². The molecule has 0 N–H and O–H groups in total. The van der Waals surface area contributed by atoms with Gasteiger partial charge in [-0.15, -0.1) is 0 Å². The van der Waals surface area contributed by atoms with Gasteiger partial charge in [0, 0.05) is 0 Å². The SMILES string of the molecule is C[Si](C)(C)[N-][Si](C)(C)C.C[Si](C)(C)[N-][Si](C)(C)C.[CH]1[CH][CH][CH][CH][CH][CH][CH]1.[U+2]. The van der Waals surface area contributed by atoms with Crippen molar-refractivity contribution in [2.45, 2.75) is 78.6 Å². The van der Waals surface area contributed by atoms with Crippen LogP contribution >= 0.6 is 0 Å².